The van der Waals surface area contributed by atoms with Gasteiger partial charge < -0.3 is 0 Å². The predicted molar refractivity (Wildman–Crippen MR) is 140 cm³/mol. The normalized spacial score (nSPS) is 12.1. The number of benzene rings is 2. The third-order valence-electron chi connectivity index (χ3n) is 6.90. The first-order chi connectivity index (χ1) is 18.2. The predicted octanol–water partition coefficient (Wildman–Crippen LogP) is 6.50. The molecule has 37 heavy (non-hydrogen) atoms. The molecule has 7 heteroatoms. The summed E-state index contributed by atoms with van der Waals surface area (Å²) in [6, 6.07) is 23.7. The standard InChI is InChI=1S/C30H10N6S/c31-11-17(12-32)21-19-7-5-15-3-1-9-35-27(15)23(19)25-26-24-20(8-6-16-4-2-10-36-28(16)24)22(18(13-33)14-34)30(26)37-29(21)25/h1-10H. The van der Waals surface area contributed by atoms with Crippen molar-refractivity contribution in [1.29, 1.82) is 21.0 Å². The van der Waals surface area contributed by atoms with Crippen molar-refractivity contribution in [2.24, 2.45) is 0 Å². The van der Waals surface area contributed by atoms with Crippen molar-refractivity contribution in [3.8, 4) is 46.5 Å². The van der Waals surface area contributed by atoms with Crippen LogP contribution >= 0.6 is 11.3 Å². The maximum atomic E-state index is 9.87. The van der Waals surface area contributed by atoms with Crippen LogP contribution in [0.1, 0.15) is 20.9 Å². The highest BCUT2D eigenvalue weighted by Gasteiger charge is 2.41. The molecule has 0 bridgehead atoms. The van der Waals surface area contributed by atoms with Gasteiger partial charge in [0.2, 0.25) is 0 Å². The first-order valence-electron chi connectivity index (χ1n) is 11.2. The maximum absolute atomic E-state index is 9.87. The molecule has 0 saturated heterocycles. The summed E-state index contributed by atoms with van der Waals surface area (Å²) in [6.45, 7) is 0. The second-order valence-corrected chi connectivity index (χ2v) is 9.60. The highest BCUT2D eigenvalue weighted by molar-refractivity contribution is 7.16. The Labute approximate surface area is 214 Å². The lowest BCUT2D eigenvalue weighted by atomic mass is 9.95. The smallest absolute Gasteiger partial charge is 0.138 e. The minimum Gasteiger partial charge on any atom is -0.256 e. The number of allylic oxidation sites excluding steroid dienone is 2. The van der Waals surface area contributed by atoms with Crippen molar-refractivity contribution in [3.05, 3.63) is 93.0 Å². The van der Waals surface area contributed by atoms with E-state index in [1.807, 2.05) is 48.5 Å². The lowest BCUT2D eigenvalue weighted by molar-refractivity contribution is 1.41. The van der Waals surface area contributed by atoms with Gasteiger partial charge in [-0.15, -0.1) is 11.3 Å². The number of nitriles is 4. The molecular weight excluding hydrogens is 476 g/mol. The van der Waals surface area contributed by atoms with Gasteiger partial charge >= 0.3 is 0 Å². The van der Waals surface area contributed by atoms with Gasteiger partial charge in [0.1, 0.15) is 35.4 Å². The zero-order valence-corrected chi connectivity index (χ0v) is 19.7. The molecule has 7 rings (SSSR count). The van der Waals surface area contributed by atoms with Gasteiger partial charge in [0.05, 0.1) is 11.0 Å². The molecule has 2 aromatic carbocycles. The summed E-state index contributed by atoms with van der Waals surface area (Å²) in [6.07, 6.45) is 3.46. The fourth-order valence-electron chi connectivity index (χ4n) is 5.49. The van der Waals surface area contributed by atoms with Crippen LogP contribution in [-0.4, -0.2) is 9.97 Å². The summed E-state index contributed by atoms with van der Waals surface area (Å²) >= 11 is 1.40. The second kappa shape index (κ2) is 7.45. The fraction of sp³-hybridized carbons (Fsp3) is 0. The van der Waals surface area contributed by atoms with E-state index in [0.29, 0.717) is 11.1 Å². The molecule has 3 heterocycles. The zero-order valence-electron chi connectivity index (χ0n) is 18.9. The summed E-state index contributed by atoms with van der Waals surface area (Å²) < 4.78 is 0. The average Bonchev–Trinajstić information content (AvgIpc) is 3.57. The van der Waals surface area contributed by atoms with E-state index in [9.17, 15) is 21.0 Å². The molecule has 0 radical (unpaired) electrons. The van der Waals surface area contributed by atoms with Gasteiger partial charge in [-0.3, -0.25) is 9.97 Å². The van der Waals surface area contributed by atoms with Crippen molar-refractivity contribution in [3.63, 3.8) is 0 Å². The van der Waals surface area contributed by atoms with Crippen molar-refractivity contribution in [2.45, 2.75) is 0 Å². The number of thiophene rings is 1. The van der Waals surface area contributed by atoms with E-state index in [1.54, 1.807) is 12.4 Å². The van der Waals surface area contributed by atoms with Crippen LogP contribution in [0.2, 0.25) is 0 Å². The fourth-order valence-corrected chi connectivity index (χ4v) is 6.93. The molecule has 3 aromatic heterocycles. The number of rotatable bonds is 0. The monoisotopic (exact) mass is 486 g/mol. The SMILES string of the molecule is N#CC(C#N)=C1c2ccc3cccnc3c2-c2c1sc1c2-c2c(ccc3cccnc23)C1=C(C#N)C#N. The van der Waals surface area contributed by atoms with E-state index in [0.717, 1.165) is 64.9 Å². The third-order valence-corrected chi connectivity index (χ3v) is 8.12. The van der Waals surface area contributed by atoms with Crippen molar-refractivity contribution in [1.82, 2.24) is 9.97 Å². The Balaban J connectivity index is 1.76. The van der Waals surface area contributed by atoms with Gasteiger partial charge in [-0.2, -0.15) is 21.0 Å². The van der Waals surface area contributed by atoms with Crippen LogP contribution in [0.4, 0.5) is 0 Å². The Morgan fingerprint density at radius 3 is 1.41 bits per heavy atom. The summed E-state index contributed by atoms with van der Waals surface area (Å²) in [7, 11) is 0. The molecule has 0 saturated carbocycles. The first-order valence-corrected chi connectivity index (χ1v) is 12.1. The van der Waals surface area contributed by atoms with Crippen molar-refractivity contribution in [2.75, 3.05) is 0 Å². The molecule has 0 spiro atoms. The van der Waals surface area contributed by atoms with Gasteiger partial charge in [-0.05, 0) is 23.3 Å². The topological polar surface area (TPSA) is 121 Å². The molecule has 6 nitrogen and oxygen atoms in total. The molecule has 5 aromatic rings. The minimum absolute atomic E-state index is 0.0118. The van der Waals surface area contributed by atoms with Crippen LogP contribution in [0.15, 0.2) is 72.1 Å². The third kappa shape index (κ3) is 2.53. The minimum atomic E-state index is 0.0118. The molecule has 166 valence electrons. The lowest BCUT2D eigenvalue weighted by Crippen LogP contribution is -1.89. The van der Waals surface area contributed by atoms with Crippen LogP contribution in [0.5, 0.6) is 0 Å². The van der Waals surface area contributed by atoms with Crippen LogP contribution in [0, 0.1) is 45.3 Å². The molecule has 0 atom stereocenters. The van der Waals surface area contributed by atoms with Crippen molar-refractivity contribution >= 4 is 44.3 Å². The Bertz CT molecular complexity index is 1950. The molecule has 0 amide bonds. The number of pyridine rings is 2. The van der Waals surface area contributed by atoms with Crippen LogP contribution in [0.3, 0.4) is 0 Å². The number of aromatic nitrogens is 2. The Morgan fingerprint density at radius 2 is 1.00 bits per heavy atom. The van der Waals surface area contributed by atoms with E-state index in [-0.39, 0.29) is 11.1 Å². The maximum Gasteiger partial charge on any atom is 0.138 e. The van der Waals surface area contributed by atoms with Crippen LogP contribution in [-0.2, 0) is 0 Å². The molecule has 2 aliphatic rings. The van der Waals surface area contributed by atoms with Crippen LogP contribution < -0.4 is 0 Å². The largest absolute Gasteiger partial charge is 0.256 e. The molecular formula is C30H10N6S. The number of hydrogen-bond donors (Lipinski definition) is 0. The van der Waals surface area contributed by atoms with E-state index in [4.69, 9.17) is 9.97 Å². The van der Waals surface area contributed by atoms with Crippen molar-refractivity contribution < 1.29 is 0 Å². The Kier molecular flexibility index (Phi) is 4.18. The molecule has 0 N–H and O–H groups in total. The Hall–Kier alpha value is -5.60. The lowest BCUT2D eigenvalue weighted by Gasteiger charge is -2.09. The first kappa shape index (κ1) is 20.7. The van der Waals surface area contributed by atoms with E-state index < -0.39 is 0 Å². The van der Waals surface area contributed by atoms with Crippen LogP contribution in [0.25, 0.3) is 55.2 Å². The highest BCUT2D eigenvalue weighted by atomic mass is 32.1. The summed E-state index contributed by atoms with van der Waals surface area (Å²) in [5.41, 5.74) is 7.65. The Morgan fingerprint density at radius 1 is 0.568 bits per heavy atom. The van der Waals surface area contributed by atoms with E-state index >= 15 is 0 Å². The van der Waals surface area contributed by atoms with Gasteiger partial charge in [0, 0.05) is 66.3 Å². The summed E-state index contributed by atoms with van der Waals surface area (Å²) in [4.78, 5) is 10.9. The zero-order chi connectivity index (χ0) is 25.3. The van der Waals surface area contributed by atoms with Gasteiger partial charge in [0.15, 0.2) is 0 Å². The quantitative estimate of drug-likeness (QED) is 0.225. The molecule has 0 fully saturated rings. The van der Waals surface area contributed by atoms with Gasteiger partial charge in [0.25, 0.3) is 0 Å². The second-order valence-electron chi connectivity index (χ2n) is 8.58. The summed E-state index contributed by atoms with van der Waals surface area (Å²) in [5.74, 6) is 0. The van der Waals surface area contributed by atoms with E-state index in [1.165, 1.54) is 11.3 Å². The average molecular weight is 487 g/mol. The number of nitrogens with zero attached hydrogens (tertiary/aromatic N) is 6. The van der Waals surface area contributed by atoms with Gasteiger partial charge in [-0.25, -0.2) is 0 Å². The highest BCUT2D eigenvalue weighted by Crippen LogP contribution is 2.62. The summed E-state index contributed by atoms with van der Waals surface area (Å²) in [5, 5.41) is 41.3. The number of hydrogen-bond acceptors (Lipinski definition) is 7. The molecule has 2 aliphatic carbocycles. The van der Waals surface area contributed by atoms with E-state index in [2.05, 4.69) is 24.3 Å². The number of fused-ring (bicyclic) bond motifs is 11. The molecule has 0 unspecified atom stereocenters. The molecule has 0 aliphatic heterocycles. The van der Waals surface area contributed by atoms with Gasteiger partial charge in [-0.1, -0.05) is 36.4 Å².